The van der Waals surface area contributed by atoms with Crippen LogP contribution in [0.3, 0.4) is 0 Å². The lowest BCUT2D eigenvalue weighted by Gasteiger charge is -2.15. The number of rotatable bonds is 3. The first-order valence-electron chi connectivity index (χ1n) is 6.55. The molecule has 0 aliphatic carbocycles. The Balaban J connectivity index is 1.97. The van der Waals surface area contributed by atoms with Crippen LogP contribution in [-0.2, 0) is 0 Å². The van der Waals surface area contributed by atoms with Gasteiger partial charge in [0, 0.05) is 10.7 Å². The number of carbonyl (C=O) groups excluding carboxylic acids is 1. The van der Waals surface area contributed by atoms with Crippen LogP contribution in [0.1, 0.15) is 24.1 Å². The molecule has 1 unspecified atom stereocenters. The van der Waals surface area contributed by atoms with Crippen LogP contribution in [0.25, 0.3) is 0 Å². The Morgan fingerprint density at radius 3 is 2.48 bits per heavy atom. The van der Waals surface area contributed by atoms with Crippen LogP contribution in [0.2, 0.25) is 5.02 Å². The van der Waals surface area contributed by atoms with Crippen LogP contribution < -0.4 is 10.6 Å². The maximum Gasteiger partial charge on any atom is 0.319 e. The second-order valence-corrected chi connectivity index (χ2v) is 5.27. The van der Waals surface area contributed by atoms with E-state index in [0.29, 0.717) is 16.3 Å². The Kier molecular flexibility index (Phi) is 4.81. The van der Waals surface area contributed by atoms with Gasteiger partial charge in [-0.1, -0.05) is 23.7 Å². The van der Waals surface area contributed by atoms with Crippen molar-refractivity contribution in [1.29, 1.82) is 0 Å². The monoisotopic (exact) mass is 306 g/mol. The van der Waals surface area contributed by atoms with Crippen LogP contribution in [0.4, 0.5) is 14.9 Å². The summed E-state index contributed by atoms with van der Waals surface area (Å²) in [5, 5.41) is 6.14. The number of aryl methyl sites for hydroxylation is 1. The highest BCUT2D eigenvalue weighted by atomic mass is 35.5. The minimum Gasteiger partial charge on any atom is -0.331 e. The molecule has 1 atom stereocenters. The molecule has 0 bridgehead atoms. The third kappa shape index (κ3) is 4.20. The average Bonchev–Trinajstić information content (AvgIpc) is 2.43. The molecule has 0 aromatic heterocycles. The number of hydrogen-bond acceptors (Lipinski definition) is 1. The Morgan fingerprint density at radius 2 is 1.86 bits per heavy atom. The van der Waals surface area contributed by atoms with Gasteiger partial charge in [-0.25, -0.2) is 9.18 Å². The Labute approximate surface area is 128 Å². The van der Waals surface area contributed by atoms with E-state index >= 15 is 0 Å². The minimum atomic E-state index is -0.344. The van der Waals surface area contributed by atoms with Crippen molar-refractivity contribution in [3.63, 3.8) is 0 Å². The van der Waals surface area contributed by atoms with Gasteiger partial charge < -0.3 is 10.6 Å². The van der Waals surface area contributed by atoms with E-state index in [9.17, 15) is 9.18 Å². The largest absolute Gasteiger partial charge is 0.331 e. The number of halogens is 2. The fourth-order valence-electron chi connectivity index (χ4n) is 1.92. The standard InChI is InChI=1S/C16H16ClFN2O/c1-10-9-14(7-8-15(10)18)20-16(21)19-11(2)12-3-5-13(17)6-4-12/h3-9,11H,1-2H3,(H2,19,20,21). The summed E-state index contributed by atoms with van der Waals surface area (Å²) in [5.74, 6) is -0.296. The zero-order valence-electron chi connectivity index (χ0n) is 11.8. The smallest absolute Gasteiger partial charge is 0.319 e. The van der Waals surface area contributed by atoms with Crippen LogP contribution in [-0.4, -0.2) is 6.03 Å². The summed E-state index contributed by atoms with van der Waals surface area (Å²) in [6.07, 6.45) is 0. The van der Waals surface area contributed by atoms with E-state index in [4.69, 9.17) is 11.6 Å². The van der Waals surface area contributed by atoms with Crippen molar-refractivity contribution in [2.24, 2.45) is 0 Å². The van der Waals surface area contributed by atoms with Crippen molar-refractivity contribution < 1.29 is 9.18 Å². The first-order valence-corrected chi connectivity index (χ1v) is 6.92. The van der Waals surface area contributed by atoms with Gasteiger partial charge in [0.05, 0.1) is 6.04 Å². The molecule has 2 aromatic carbocycles. The number of benzene rings is 2. The molecule has 2 aromatic rings. The first-order chi connectivity index (χ1) is 9.95. The number of urea groups is 1. The quantitative estimate of drug-likeness (QED) is 0.850. The van der Waals surface area contributed by atoms with E-state index in [-0.39, 0.29) is 17.9 Å². The second-order valence-electron chi connectivity index (χ2n) is 4.84. The van der Waals surface area contributed by atoms with Crippen LogP contribution in [0.5, 0.6) is 0 Å². The number of anilines is 1. The molecular formula is C16H16ClFN2O. The molecule has 0 radical (unpaired) electrons. The van der Waals surface area contributed by atoms with E-state index in [2.05, 4.69) is 10.6 Å². The summed E-state index contributed by atoms with van der Waals surface area (Å²) < 4.78 is 13.2. The number of hydrogen-bond donors (Lipinski definition) is 2. The summed E-state index contributed by atoms with van der Waals surface area (Å²) >= 11 is 5.83. The molecule has 2 rings (SSSR count). The van der Waals surface area contributed by atoms with Crippen molar-refractivity contribution in [2.45, 2.75) is 19.9 Å². The molecule has 0 saturated carbocycles. The average molecular weight is 307 g/mol. The topological polar surface area (TPSA) is 41.1 Å². The lowest BCUT2D eigenvalue weighted by atomic mass is 10.1. The highest BCUT2D eigenvalue weighted by Crippen LogP contribution is 2.17. The zero-order valence-corrected chi connectivity index (χ0v) is 12.5. The lowest BCUT2D eigenvalue weighted by molar-refractivity contribution is 0.249. The Morgan fingerprint density at radius 1 is 1.19 bits per heavy atom. The van der Waals surface area contributed by atoms with E-state index < -0.39 is 0 Å². The Bertz CT molecular complexity index is 643. The van der Waals surface area contributed by atoms with Gasteiger partial charge in [-0.15, -0.1) is 0 Å². The van der Waals surface area contributed by atoms with Crippen molar-refractivity contribution in [2.75, 3.05) is 5.32 Å². The highest BCUT2D eigenvalue weighted by Gasteiger charge is 2.10. The van der Waals surface area contributed by atoms with Crippen LogP contribution in [0, 0.1) is 12.7 Å². The van der Waals surface area contributed by atoms with Gasteiger partial charge in [0.2, 0.25) is 0 Å². The maximum absolute atomic E-state index is 13.2. The number of amides is 2. The van der Waals surface area contributed by atoms with E-state index in [1.807, 2.05) is 19.1 Å². The van der Waals surface area contributed by atoms with Gasteiger partial charge in [-0.3, -0.25) is 0 Å². The van der Waals surface area contributed by atoms with Crippen LogP contribution >= 0.6 is 11.6 Å². The molecule has 0 aliphatic heterocycles. The molecule has 0 saturated heterocycles. The Hall–Kier alpha value is -2.07. The molecule has 2 amide bonds. The first kappa shape index (κ1) is 15.3. The predicted octanol–water partition coefficient (Wildman–Crippen LogP) is 4.67. The number of carbonyl (C=O) groups is 1. The third-order valence-corrected chi connectivity index (χ3v) is 3.39. The molecule has 0 aliphatic rings. The number of nitrogens with one attached hydrogen (secondary N) is 2. The zero-order chi connectivity index (χ0) is 15.4. The molecular weight excluding hydrogens is 291 g/mol. The van der Waals surface area contributed by atoms with Crippen molar-refractivity contribution in [3.8, 4) is 0 Å². The van der Waals surface area contributed by atoms with Gasteiger partial charge in [0.1, 0.15) is 5.82 Å². The summed E-state index contributed by atoms with van der Waals surface area (Å²) in [4.78, 5) is 11.9. The molecule has 5 heteroatoms. The summed E-state index contributed by atoms with van der Waals surface area (Å²) in [5.41, 5.74) is 1.98. The SMILES string of the molecule is Cc1cc(NC(=O)NC(C)c2ccc(Cl)cc2)ccc1F. The molecule has 0 heterocycles. The molecule has 21 heavy (non-hydrogen) atoms. The van der Waals surface area contributed by atoms with Crippen molar-refractivity contribution in [1.82, 2.24) is 5.32 Å². The molecule has 3 nitrogen and oxygen atoms in total. The lowest BCUT2D eigenvalue weighted by Crippen LogP contribution is -2.31. The van der Waals surface area contributed by atoms with Crippen LogP contribution in [0.15, 0.2) is 42.5 Å². The normalized spacial score (nSPS) is 11.8. The van der Waals surface area contributed by atoms with Gasteiger partial charge >= 0.3 is 6.03 Å². The summed E-state index contributed by atoms with van der Waals surface area (Å²) in [6.45, 7) is 3.52. The van der Waals surface area contributed by atoms with Crippen molar-refractivity contribution >= 4 is 23.3 Å². The molecule has 110 valence electrons. The fraction of sp³-hybridized carbons (Fsp3) is 0.188. The van der Waals surface area contributed by atoms with Gasteiger partial charge in [0.15, 0.2) is 0 Å². The molecule has 2 N–H and O–H groups in total. The van der Waals surface area contributed by atoms with Crippen molar-refractivity contribution in [3.05, 3.63) is 64.4 Å². The predicted molar refractivity (Wildman–Crippen MR) is 83.2 cm³/mol. The van der Waals surface area contributed by atoms with Gasteiger partial charge in [0.25, 0.3) is 0 Å². The van der Waals surface area contributed by atoms with E-state index in [0.717, 1.165) is 5.56 Å². The second kappa shape index (κ2) is 6.59. The van der Waals surface area contributed by atoms with Gasteiger partial charge in [-0.2, -0.15) is 0 Å². The minimum absolute atomic E-state index is 0.163. The molecule has 0 fully saturated rings. The fourth-order valence-corrected chi connectivity index (χ4v) is 2.05. The third-order valence-electron chi connectivity index (χ3n) is 3.13. The van der Waals surface area contributed by atoms with E-state index in [1.165, 1.54) is 12.1 Å². The summed E-state index contributed by atoms with van der Waals surface area (Å²) in [6, 6.07) is 11.2. The highest BCUT2D eigenvalue weighted by molar-refractivity contribution is 6.30. The molecule has 0 spiro atoms. The maximum atomic E-state index is 13.2. The van der Waals surface area contributed by atoms with E-state index in [1.54, 1.807) is 25.1 Å². The summed E-state index contributed by atoms with van der Waals surface area (Å²) in [7, 11) is 0. The van der Waals surface area contributed by atoms with Gasteiger partial charge in [-0.05, 0) is 55.3 Å².